The molecule has 1 N–H and O–H groups in total. The normalized spacial score (nSPS) is 11.3. The predicted octanol–water partition coefficient (Wildman–Crippen LogP) is -0.0101. The summed E-state index contributed by atoms with van der Waals surface area (Å²) >= 11 is 0. The molecule has 0 aliphatic carbocycles. The Labute approximate surface area is 81.2 Å². The smallest absolute Gasteiger partial charge is 0.357 e. The van der Waals surface area contributed by atoms with Gasteiger partial charge in [-0.15, -0.1) is 0 Å². The Morgan fingerprint density at radius 2 is 2.29 bits per heavy atom. The number of ether oxygens (including phenoxy) is 1. The van der Waals surface area contributed by atoms with Crippen LogP contribution >= 0.6 is 0 Å². The molecule has 0 atom stereocenters. The van der Waals surface area contributed by atoms with Crippen LogP contribution in [0.3, 0.4) is 0 Å². The van der Waals surface area contributed by atoms with Crippen LogP contribution in [0.25, 0.3) is 0 Å². The summed E-state index contributed by atoms with van der Waals surface area (Å²) in [6.07, 6.45) is 2.09. The van der Waals surface area contributed by atoms with E-state index in [1.54, 1.807) is 6.92 Å². The summed E-state index contributed by atoms with van der Waals surface area (Å²) in [6.45, 7) is 1.81. The zero-order valence-electron chi connectivity index (χ0n) is 7.77. The van der Waals surface area contributed by atoms with E-state index in [9.17, 15) is 13.2 Å². The summed E-state index contributed by atoms with van der Waals surface area (Å²) in [5.41, 5.74) is -0.130. The fourth-order valence-electron chi connectivity index (χ4n) is 0.906. The van der Waals surface area contributed by atoms with Crippen molar-refractivity contribution in [3.8, 4) is 0 Å². The molecule has 0 aliphatic heterocycles. The Balaban J connectivity index is 3.12. The Bertz CT molecular complexity index is 434. The molecule has 0 aromatic carbocycles. The van der Waals surface area contributed by atoms with E-state index in [4.69, 9.17) is 0 Å². The van der Waals surface area contributed by atoms with Crippen LogP contribution in [-0.2, 0) is 14.6 Å². The van der Waals surface area contributed by atoms with Gasteiger partial charge in [0.15, 0.2) is 15.5 Å². The van der Waals surface area contributed by atoms with Crippen molar-refractivity contribution in [2.45, 2.75) is 11.8 Å². The Morgan fingerprint density at radius 1 is 1.64 bits per heavy atom. The highest BCUT2D eigenvalue weighted by Crippen LogP contribution is 2.12. The molecule has 0 saturated carbocycles. The van der Waals surface area contributed by atoms with Crippen molar-refractivity contribution in [3.63, 3.8) is 0 Å². The second-order valence-electron chi connectivity index (χ2n) is 2.60. The summed E-state index contributed by atoms with van der Waals surface area (Å²) in [5.74, 6) is -0.717. The molecule has 7 heteroatoms. The second-order valence-corrected chi connectivity index (χ2v) is 4.59. The van der Waals surface area contributed by atoms with Gasteiger partial charge in [0.25, 0.3) is 0 Å². The van der Waals surface area contributed by atoms with Crippen molar-refractivity contribution in [1.82, 2.24) is 10.2 Å². The number of carbonyl (C=O) groups excluding carboxylic acids is 1. The van der Waals surface area contributed by atoms with Crippen LogP contribution in [-0.4, -0.2) is 37.4 Å². The lowest BCUT2D eigenvalue weighted by atomic mass is 10.4. The number of aromatic nitrogens is 2. The van der Waals surface area contributed by atoms with Gasteiger partial charge in [-0.1, -0.05) is 0 Å². The van der Waals surface area contributed by atoms with Crippen molar-refractivity contribution >= 4 is 15.8 Å². The molecule has 0 radical (unpaired) electrons. The van der Waals surface area contributed by atoms with Gasteiger partial charge >= 0.3 is 5.97 Å². The number of hydrogen-bond donors (Lipinski definition) is 1. The van der Waals surface area contributed by atoms with E-state index < -0.39 is 15.8 Å². The van der Waals surface area contributed by atoms with Crippen LogP contribution < -0.4 is 0 Å². The van der Waals surface area contributed by atoms with Gasteiger partial charge in [0.2, 0.25) is 0 Å². The number of aromatic amines is 1. The van der Waals surface area contributed by atoms with Crippen LogP contribution in [0, 0.1) is 0 Å². The minimum absolute atomic E-state index is 0.130. The molecule has 0 aliphatic rings. The van der Waals surface area contributed by atoms with Crippen molar-refractivity contribution in [3.05, 3.63) is 11.9 Å². The van der Waals surface area contributed by atoms with Gasteiger partial charge in [0, 0.05) is 6.26 Å². The molecular weight excluding hydrogens is 208 g/mol. The van der Waals surface area contributed by atoms with Crippen molar-refractivity contribution in [1.29, 1.82) is 0 Å². The molecule has 0 fully saturated rings. The second kappa shape index (κ2) is 3.79. The van der Waals surface area contributed by atoms with Crippen LogP contribution in [0.15, 0.2) is 11.1 Å². The fraction of sp³-hybridized carbons (Fsp3) is 0.429. The van der Waals surface area contributed by atoms with Crippen LogP contribution in [0.4, 0.5) is 0 Å². The molecular formula is C7H10N2O4S. The van der Waals surface area contributed by atoms with Crippen LogP contribution in [0.5, 0.6) is 0 Å². The number of H-pyrrole nitrogens is 1. The minimum Gasteiger partial charge on any atom is -0.461 e. The maximum Gasteiger partial charge on any atom is 0.357 e. The summed E-state index contributed by atoms with van der Waals surface area (Å²) in [7, 11) is -3.45. The summed E-state index contributed by atoms with van der Waals surface area (Å²) in [6, 6.07) is 0. The first kappa shape index (κ1) is 10.7. The maximum absolute atomic E-state index is 11.2. The monoisotopic (exact) mass is 218 g/mol. The number of carbonyl (C=O) groups is 1. The number of nitrogens with one attached hydrogen (secondary N) is 1. The molecule has 14 heavy (non-hydrogen) atoms. The van der Waals surface area contributed by atoms with E-state index in [-0.39, 0.29) is 17.2 Å². The lowest BCUT2D eigenvalue weighted by molar-refractivity contribution is 0.0515. The van der Waals surface area contributed by atoms with Gasteiger partial charge in [-0.2, -0.15) is 5.10 Å². The predicted molar refractivity (Wildman–Crippen MR) is 47.7 cm³/mol. The Kier molecular flexibility index (Phi) is 2.90. The SMILES string of the molecule is CCOC(=O)c1[nH]ncc1S(C)(=O)=O. The highest BCUT2D eigenvalue weighted by atomic mass is 32.2. The Morgan fingerprint density at radius 3 is 2.79 bits per heavy atom. The van der Waals surface area contributed by atoms with E-state index in [2.05, 4.69) is 14.9 Å². The van der Waals surface area contributed by atoms with E-state index >= 15 is 0 Å². The molecule has 1 aromatic rings. The first-order valence-electron chi connectivity index (χ1n) is 3.87. The molecule has 0 amide bonds. The molecule has 0 bridgehead atoms. The molecule has 0 saturated heterocycles. The average Bonchev–Trinajstić information content (AvgIpc) is 2.50. The topological polar surface area (TPSA) is 89.1 Å². The van der Waals surface area contributed by atoms with E-state index in [0.29, 0.717) is 0 Å². The highest BCUT2D eigenvalue weighted by Gasteiger charge is 2.21. The standard InChI is InChI=1S/C7H10N2O4S/c1-3-13-7(10)6-5(4-8-9-6)14(2,11)12/h4H,3H2,1-2H3,(H,8,9). The van der Waals surface area contributed by atoms with Gasteiger partial charge in [0.1, 0.15) is 4.90 Å². The van der Waals surface area contributed by atoms with Crippen LogP contribution in [0.1, 0.15) is 17.4 Å². The van der Waals surface area contributed by atoms with Crippen molar-refractivity contribution in [2.24, 2.45) is 0 Å². The molecule has 1 aromatic heterocycles. The minimum atomic E-state index is -3.45. The fourth-order valence-corrected chi connectivity index (χ4v) is 1.65. The third kappa shape index (κ3) is 2.11. The summed E-state index contributed by atoms with van der Waals surface area (Å²) in [5, 5.41) is 5.78. The van der Waals surface area contributed by atoms with Crippen molar-refractivity contribution < 1.29 is 17.9 Å². The molecule has 1 rings (SSSR count). The lowest BCUT2D eigenvalue weighted by Crippen LogP contribution is -2.10. The maximum atomic E-state index is 11.2. The molecule has 0 unspecified atom stereocenters. The summed E-state index contributed by atoms with van der Waals surface area (Å²) < 4.78 is 27.0. The van der Waals surface area contributed by atoms with E-state index in [1.165, 1.54) is 0 Å². The number of nitrogens with zero attached hydrogens (tertiary/aromatic N) is 1. The quantitative estimate of drug-likeness (QED) is 0.721. The van der Waals surface area contributed by atoms with Gasteiger partial charge in [-0.3, -0.25) is 5.10 Å². The van der Waals surface area contributed by atoms with Crippen LogP contribution in [0.2, 0.25) is 0 Å². The number of rotatable bonds is 3. The number of sulfone groups is 1. The van der Waals surface area contributed by atoms with Crippen molar-refractivity contribution in [2.75, 3.05) is 12.9 Å². The third-order valence-corrected chi connectivity index (χ3v) is 2.59. The van der Waals surface area contributed by atoms with E-state index in [0.717, 1.165) is 12.5 Å². The van der Waals surface area contributed by atoms with Gasteiger partial charge in [-0.25, -0.2) is 13.2 Å². The lowest BCUT2D eigenvalue weighted by Gasteiger charge is -2.00. The Hall–Kier alpha value is -1.37. The van der Waals surface area contributed by atoms with E-state index in [1.807, 2.05) is 0 Å². The zero-order valence-corrected chi connectivity index (χ0v) is 8.59. The van der Waals surface area contributed by atoms with Gasteiger partial charge in [0.05, 0.1) is 12.8 Å². The number of hydrogen-bond acceptors (Lipinski definition) is 5. The molecule has 78 valence electrons. The van der Waals surface area contributed by atoms with Gasteiger partial charge in [-0.05, 0) is 6.92 Å². The molecule has 6 nitrogen and oxygen atoms in total. The average molecular weight is 218 g/mol. The first-order valence-corrected chi connectivity index (χ1v) is 5.76. The third-order valence-electron chi connectivity index (χ3n) is 1.48. The molecule has 0 spiro atoms. The zero-order chi connectivity index (χ0) is 10.8. The summed E-state index contributed by atoms with van der Waals surface area (Å²) in [4.78, 5) is 11.1. The number of esters is 1. The van der Waals surface area contributed by atoms with Gasteiger partial charge < -0.3 is 4.74 Å². The largest absolute Gasteiger partial charge is 0.461 e. The molecule has 1 heterocycles. The highest BCUT2D eigenvalue weighted by molar-refractivity contribution is 7.90. The first-order chi connectivity index (χ1) is 6.46.